The minimum atomic E-state index is -3.80. The summed E-state index contributed by atoms with van der Waals surface area (Å²) < 4.78 is 92.7. The van der Waals surface area contributed by atoms with Gasteiger partial charge in [-0.2, -0.15) is 0 Å². The van der Waals surface area contributed by atoms with E-state index in [0.717, 1.165) is 107 Å². The summed E-state index contributed by atoms with van der Waals surface area (Å²) in [6.45, 7) is 10.5. The van der Waals surface area contributed by atoms with Crippen LogP contribution >= 0.6 is 46.4 Å². The fraction of sp³-hybridized carbons (Fsp3) is 0.567. The monoisotopic (exact) mass is 1310 g/mol. The van der Waals surface area contributed by atoms with E-state index in [1.54, 1.807) is 36.4 Å². The molecule has 2 aliphatic heterocycles. The third-order valence-corrected chi connectivity index (χ3v) is 19.9. The minimum Gasteiger partial charge on any atom is -0.484 e. The highest BCUT2D eigenvalue weighted by Crippen LogP contribution is 2.45. The summed E-state index contributed by atoms with van der Waals surface area (Å²) >= 11 is 26.1. The molecule has 20 nitrogen and oxygen atoms in total. The summed E-state index contributed by atoms with van der Waals surface area (Å²) in [6.07, 6.45) is 4.59. The average molecular weight is 1310 g/mol. The van der Waals surface area contributed by atoms with Crippen molar-refractivity contribution in [2.75, 3.05) is 145 Å². The number of amides is 2. The first-order valence-corrected chi connectivity index (χ1v) is 34.1. The molecule has 0 saturated carbocycles. The molecule has 0 unspecified atom stereocenters. The number of urea groups is 1. The number of ketones is 1. The molecule has 4 atom stereocenters. The number of Topliss-reactive ketones (excluding diaryl/α,β-unsaturated/α-hetero) is 1. The zero-order valence-electron chi connectivity index (χ0n) is 49.1. The maximum Gasteiger partial charge on any atom is 0.314 e. The van der Waals surface area contributed by atoms with Crippen LogP contribution in [0.5, 0.6) is 11.5 Å². The Bertz CT molecular complexity index is 2850. The van der Waals surface area contributed by atoms with E-state index in [1.165, 1.54) is 24.3 Å². The lowest BCUT2D eigenvalue weighted by Crippen LogP contribution is -2.50. The van der Waals surface area contributed by atoms with E-state index in [0.29, 0.717) is 77.2 Å². The summed E-state index contributed by atoms with van der Waals surface area (Å²) in [7, 11) is -3.35. The van der Waals surface area contributed by atoms with Crippen LogP contribution in [0.3, 0.4) is 0 Å². The molecular weight excluding hydrogens is 1230 g/mol. The van der Waals surface area contributed by atoms with Gasteiger partial charge >= 0.3 is 6.03 Å². The molecule has 2 amide bonds. The molecule has 2 saturated heterocycles. The number of unbranched alkanes of at least 4 members (excludes halogenated alkanes) is 2. The number of likely N-dealkylation sites (N-methyl/N-ethyl adjacent to an activating group) is 2. The molecule has 0 radical (unpaired) electrons. The number of nitrogens with zero attached hydrogens (tertiary/aromatic N) is 4. The van der Waals surface area contributed by atoms with Crippen LogP contribution in [-0.4, -0.2) is 206 Å². The highest BCUT2D eigenvalue weighted by atomic mass is 35.5. The van der Waals surface area contributed by atoms with E-state index >= 15 is 0 Å². The molecular formula is C60H82Cl4N8O12S2. The van der Waals surface area contributed by atoms with Crippen molar-refractivity contribution in [1.29, 1.82) is 0 Å². The molecule has 2 heterocycles. The summed E-state index contributed by atoms with van der Waals surface area (Å²) in [5, 5.41) is 7.89. The molecule has 26 heteroatoms. The summed E-state index contributed by atoms with van der Waals surface area (Å²) in [4.78, 5) is 34.3. The van der Waals surface area contributed by atoms with E-state index in [1.807, 2.05) is 12.1 Å². The van der Waals surface area contributed by atoms with Crippen LogP contribution in [0.15, 0.2) is 82.6 Å². The van der Waals surface area contributed by atoms with Gasteiger partial charge in [0.1, 0.15) is 29.5 Å². The Labute approximate surface area is 527 Å². The van der Waals surface area contributed by atoms with Gasteiger partial charge in [-0.1, -0.05) is 52.8 Å². The maximum absolute atomic E-state index is 13.1. The predicted octanol–water partition coefficient (Wildman–Crippen LogP) is 7.42. The average Bonchev–Trinajstić information content (AvgIpc) is 2.36. The topological polar surface area (TPSA) is 219 Å². The van der Waals surface area contributed by atoms with E-state index in [9.17, 15) is 26.4 Å². The Balaban J connectivity index is 0.579. The van der Waals surface area contributed by atoms with Crippen molar-refractivity contribution in [3.8, 4) is 11.5 Å². The number of benzene rings is 4. The smallest absolute Gasteiger partial charge is 0.314 e. The van der Waals surface area contributed by atoms with Gasteiger partial charge in [-0.15, -0.1) is 0 Å². The van der Waals surface area contributed by atoms with Gasteiger partial charge in [0.2, 0.25) is 20.0 Å². The van der Waals surface area contributed by atoms with Gasteiger partial charge in [0, 0.05) is 129 Å². The number of carbonyl (C=O) groups excluding carboxylic acids is 2. The lowest BCUT2D eigenvalue weighted by Gasteiger charge is -2.38. The normalized spacial score (nSPS) is 19.6. The van der Waals surface area contributed by atoms with Crippen molar-refractivity contribution in [3.05, 3.63) is 115 Å². The Kier molecular flexibility index (Phi) is 26.7. The molecule has 8 rings (SSSR count). The minimum absolute atomic E-state index is 0.0657. The first-order chi connectivity index (χ1) is 41.4. The Morgan fingerprint density at radius 3 is 1.35 bits per heavy atom. The molecule has 0 spiro atoms. The van der Waals surface area contributed by atoms with Gasteiger partial charge in [0.25, 0.3) is 0 Å². The van der Waals surface area contributed by atoms with Crippen LogP contribution in [0.2, 0.25) is 20.1 Å². The van der Waals surface area contributed by atoms with Crippen LogP contribution in [0.1, 0.15) is 73.0 Å². The summed E-state index contributed by atoms with van der Waals surface area (Å²) in [5.74, 6) is 1.25. The molecule has 2 fully saturated rings. The third kappa shape index (κ3) is 20.3. The van der Waals surface area contributed by atoms with Gasteiger partial charge < -0.3 is 48.9 Å². The van der Waals surface area contributed by atoms with Crippen LogP contribution < -0.4 is 29.6 Å². The number of carbonyl (C=O) groups is 2. The Morgan fingerprint density at radius 2 is 0.895 bits per heavy atom. The van der Waals surface area contributed by atoms with Gasteiger partial charge in [-0.3, -0.25) is 14.6 Å². The summed E-state index contributed by atoms with van der Waals surface area (Å²) in [6, 6.07) is 20.0. The van der Waals surface area contributed by atoms with Gasteiger partial charge in [-0.05, 0) is 130 Å². The molecule has 86 heavy (non-hydrogen) atoms. The number of halogens is 4. The lowest BCUT2D eigenvalue weighted by atomic mass is 10.1. The SMILES string of the molecule is CN1CCN([C@H]2Cc3c(Cl)cc(Cl)cc3[C@@H]2Oc2ccc(S(=O)(=O)NCCOCCOCCCC(=O)CCCCCNC(=O)NCCOCCOCCNS(=O)(=O)c3ccc(O[C@H]4c5cc(Cl)cc(Cl)c5C[C@@H]4N4CCN(C)CC4)cc3)cc2)CC1. The number of ether oxygens (including phenoxy) is 6. The van der Waals surface area contributed by atoms with E-state index in [4.69, 9.17) is 74.8 Å². The lowest BCUT2D eigenvalue weighted by molar-refractivity contribution is -0.119. The molecule has 4 aromatic rings. The number of hydrogen-bond acceptors (Lipinski definition) is 16. The fourth-order valence-electron chi connectivity index (χ4n) is 11.1. The number of fused-ring (bicyclic) bond motifs is 2. The van der Waals surface area contributed by atoms with Crippen molar-refractivity contribution in [2.45, 2.75) is 85.4 Å². The Morgan fingerprint density at radius 1 is 0.488 bits per heavy atom. The first kappa shape index (κ1) is 68.0. The number of nitrogens with one attached hydrogen (secondary N) is 4. The Hall–Kier alpha value is -3.92. The zero-order valence-corrected chi connectivity index (χ0v) is 53.7. The molecule has 4 N–H and O–H groups in total. The highest BCUT2D eigenvalue weighted by molar-refractivity contribution is 7.89. The second-order valence-electron chi connectivity index (χ2n) is 22.0. The van der Waals surface area contributed by atoms with Crippen LogP contribution in [-0.2, 0) is 56.6 Å². The standard InChI is InChI=1S/C60H82Cl4N8O12S2/c1-69-21-25-71(26-22-69)56-41-50-52(37-43(61)39-54(50)63)58(56)83-46-9-13-48(14-10-46)85(75,76)67-19-31-81-34-33-79-29-6-8-45(73)7-4-3-5-17-65-60(74)66-18-30-80-35-36-82-32-20-68-86(77,78)49-15-11-47(12-16-49)84-59-53-38-44(62)40-55(64)51(53)42-57(59)72-27-23-70(2)24-28-72/h9-16,37-40,56-59,67-68H,3-8,17-36,41-42H2,1-2H3,(H2,65,66,74)/t56-,57-,58-,59-/m0/s1. The van der Waals surface area contributed by atoms with E-state index in [2.05, 4.69) is 53.8 Å². The van der Waals surface area contributed by atoms with Crippen molar-refractivity contribution in [2.24, 2.45) is 0 Å². The molecule has 4 aromatic carbocycles. The molecule has 474 valence electrons. The second kappa shape index (κ2) is 33.8. The van der Waals surface area contributed by atoms with Gasteiger partial charge in [0.15, 0.2) is 0 Å². The number of rotatable bonds is 35. The van der Waals surface area contributed by atoms with Crippen molar-refractivity contribution < 1.29 is 54.8 Å². The quantitative estimate of drug-likeness (QED) is 0.0330. The number of hydrogen-bond donors (Lipinski definition) is 4. The van der Waals surface area contributed by atoms with E-state index in [-0.39, 0.29) is 98.6 Å². The van der Waals surface area contributed by atoms with Crippen molar-refractivity contribution in [3.63, 3.8) is 0 Å². The first-order valence-electron chi connectivity index (χ1n) is 29.6. The van der Waals surface area contributed by atoms with Crippen LogP contribution in [0.25, 0.3) is 0 Å². The van der Waals surface area contributed by atoms with Gasteiger partial charge in [0.05, 0.1) is 68.1 Å². The van der Waals surface area contributed by atoms with Crippen LogP contribution in [0, 0.1) is 0 Å². The molecule has 4 aliphatic rings. The van der Waals surface area contributed by atoms with Crippen LogP contribution in [0.4, 0.5) is 4.79 Å². The predicted molar refractivity (Wildman–Crippen MR) is 333 cm³/mol. The number of piperazine rings is 2. The maximum atomic E-state index is 13.1. The second-order valence-corrected chi connectivity index (χ2v) is 27.3. The fourth-order valence-corrected chi connectivity index (χ4v) is 14.3. The van der Waals surface area contributed by atoms with Crippen molar-refractivity contribution >= 4 is 78.3 Å². The highest BCUT2D eigenvalue weighted by Gasteiger charge is 2.42. The van der Waals surface area contributed by atoms with Gasteiger partial charge in [-0.25, -0.2) is 31.1 Å². The largest absolute Gasteiger partial charge is 0.484 e. The van der Waals surface area contributed by atoms with Crippen molar-refractivity contribution in [1.82, 2.24) is 39.7 Å². The molecule has 0 aromatic heterocycles. The van der Waals surface area contributed by atoms with E-state index < -0.39 is 20.0 Å². The number of sulfonamides is 2. The molecule has 0 bridgehead atoms. The third-order valence-electron chi connectivity index (χ3n) is 15.9. The summed E-state index contributed by atoms with van der Waals surface area (Å²) in [5.41, 5.74) is 3.97. The molecule has 2 aliphatic carbocycles. The zero-order chi connectivity index (χ0) is 61.1.